The van der Waals surface area contributed by atoms with Gasteiger partial charge in [-0.25, -0.2) is 4.79 Å². The summed E-state index contributed by atoms with van der Waals surface area (Å²) in [7, 11) is 0. The molecular formula is C18H32N2O4. The Labute approximate surface area is 145 Å². The summed E-state index contributed by atoms with van der Waals surface area (Å²) in [6, 6.07) is 0. The molecule has 0 bridgehead atoms. The Kier molecular flexibility index (Phi) is 9.45. The fraction of sp³-hybridized carbons (Fsp3) is 0.778. The van der Waals surface area contributed by atoms with Gasteiger partial charge in [0, 0.05) is 24.5 Å². The summed E-state index contributed by atoms with van der Waals surface area (Å²) in [6.45, 7) is 12.3. The molecule has 3 N–H and O–H groups in total. The predicted octanol–water partition coefficient (Wildman–Crippen LogP) is 2.77. The third kappa shape index (κ3) is 12.8. The zero-order valence-corrected chi connectivity index (χ0v) is 15.8. The second-order valence-electron chi connectivity index (χ2n) is 7.42. The van der Waals surface area contributed by atoms with Gasteiger partial charge in [0.1, 0.15) is 0 Å². The zero-order valence-electron chi connectivity index (χ0n) is 15.8. The average Bonchev–Trinajstić information content (AvgIpc) is 2.39. The number of carbonyl (C=O) groups is 2. The van der Waals surface area contributed by atoms with Crippen LogP contribution in [0, 0.1) is 17.8 Å². The van der Waals surface area contributed by atoms with Crippen molar-refractivity contribution >= 4 is 12.0 Å². The van der Waals surface area contributed by atoms with Crippen LogP contribution in [0.15, 0.2) is 0 Å². The molecule has 0 saturated carbocycles. The van der Waals surface area contributed by atoms with Crippen LogP contribution in [0.4, 0.5) is 4.79 Å². The standard InChI is InChI=1S/C18H32N2O4/c1-14(2)8-7-12-19-15(21)9-10-18(5,6)24-13-11-17(3,4)20-16(22)23/h14,20H,9-13H2,1-6H3,(H,19,21)(H,22,23). The van der Waals surface area contributed by atoms with Crippen molar-refractivity contribution in [3.05, 3.63) is 0 Å². The van der Waals surface area contributed by atoms with E-state index in [1.54, 1.807) is 0 Å². The molecule has 0 rings (SSSR count). The summed E-state index contributed by atoms with van der Waals surface area (Å²) in [5.74, 6) is 6.16. The Morgan fingerprint density at radius 3 is 2.33 bits per heavy atom. The Morgan fingerprint density at radius 1 is 1.17 bits per heavy atom. The number of hydrogen-bond acceptors (Lipinski definition) is 3. The minimum absolute atomic E-state index is 0.0439. The van der Waals surface area contributed by atoms with Gasteiger partial charge in [-0.1, -0.05) is 25.7 Å². The molecule has 24 heavy (non-hydrogen) atoms. The molecule has 6 heteroatoms. The van der Waals surface area contributed by atoms with Crippen LogP contribution in [0.1, 0.15) is 60.8 Å². The number of hydrogen-bond donors (Lipinski definition) is 3. The van der Waals surface area contributed by atoms with Gasteiger partial charge in [0.25, 0.3) is 0 Å². The van der Waals surface area contributed by atoms with Crippen molar-refractivity contribution in [3.63, 3.8) is 0 Å². The number of rotatable bonds is 9. The van der Waals surface area contributed by atoms with Crippen molar-refractivity contribution in [1.82, 2.24) is 10.6 Å². The smallest absolute Gasteiger partial charge is 0.405 e. The SMILES string of the molecule is CC(C)C#CCNC(=O)CCC(C)(C)OCCC(C)(C)NC(=O)O. The van der Waals surface area contributed by atoms with Gasteiger partial charge >= 0.3 is 6.09 Å². The fourth-order valence-electron chi connectivity index (χ4n) is 1.91. The van der Waals surface area contributed by atoms with Crippen LogP contribution in [-0.4, -0.2) is 41.4 Å². The quantitative estimate of drug-likeness (QED) is 0.563. The van der Waals surface area contributed by atoms with Crippen LogP contribution in [0.5, 0.6) is 0 Å². The van der Waals surface area contributed by atoms with E-state index >= 15 is 0 Å². The monoisotopic (exact) mass is 340 g/mol. The third-order valence-corrected chi connectivity index (χ3v) is 3.38. The highest BCUT2D eigenvalue weighted by molar-refractivity contribution is 5.76. The van der Waals surface area contributed by atoms with Crippen molar-refractivity contribution in [2.75, 3.05) is 13.2 Å². The summed E-state index contributed by atoms with van der Waals surface area (Å²) in [4.78, 5) is 22.5. The Hall–Kier alpha value is -1.74. The van der Waals surface area contributed by atoms with Gasteiger partial charge in [0.2, 0.25) is 5.91 Å². The predicted molar refractivity (Wildman–Crippen MR) is 94.7 cm³/mol. The minimum atomic E-state index is -1.04. The van der Waals surface area contributed by atoms with E-state index in [9.17, 15) is 9.59 Å². The molecule has 138 valence electrons. The highest BCUT2D eigenvalue weighted by atomic mass is 16.5. The molecule has 0 spiro atoms. The van der Waals surface area contributed by atoms with Crippen LogP contribution in [-0.2, 0) is 9.53 Å². The lowest BCUT2D eigenvalue weighted by Crippen LogP contribution is -2.44. The van der Waals surface area contributed by atoms with Crippen LogP contribution >= 0.6 is 0 Å². The lowest BCUT2D eigenvalue weighted by Gasteiger charge is -2.29. The minimum Gasteiger partial charge on any atom is -0.465 e. The third-order valence-electron chi connectivity index (χ3n) is 3.38. The largest absolute Gasteiger partial charge is 0.465 e. The number of carboxylic acid groups (broad SMARTS) is 1. The molecule has 0 unspecified atom stereocenters. The molecular weight excluding hydrogens is 308 g/mol. The summed E-state index contributed by atoms with van der Waals surface area (Å²) in [6.07, 6.45) is 0.465. The maximum absolute atomic E-state index is 11.8. The maximum atomic E-state index is 11.8. The van der Waals surface area contributed by atoms with Gasteiger partial charge in [-0.3, -0.25) is 4.79 Å². The van der Waals surface area contributed by atoms with Crippen molar-refractivity contribution in [2.24, 2.45) is 5.92 Å². The molecule has 0 saturated heterocycles. The van der Waals surface area contributed by atoms with E-state index in [4.69, 9.17) is 9.84 Å². The Balaban J connectivity index is 4.07. The summed E-state index contributed by atoms with van der Waals surface area (Å²) < 4.78 is 5.81. The summed E-state index contributed by atoms with van der Waals surface area (Å²) >= 11 is 0. The van der Waals surface area contributed by atoms with Crippen LogP contribution in [0.3, 0.4) is 0 Å². The summed E-state index contributed by atoms with van der Waals surface area (Å²) in [5.41, 5.74) is -0.991. The van der Waals surface area contributed by atoms with Crippen LogP contribution in [0.2, 0.25) is 0 Å². The molecule has 2 amide bonds. The van der Waals surface area contributed by atoms with E-state index in [1.165, 1.54) is 0 Å². The molecule has 0 aromatic carbocycles. The van der Waals surface area contributed by atoms with E-state index in [-0.39, 0.29) is 5.91 Å². The van der Waals surface area contributed by atoms with Crippen molar-refractivity contribution in [1.29, 1.82) is 0 Å². The number of ether oxygens (including phenoxy) is 1. The van der Waals surface area contributed by atoms with Gasteiger partial charge in [-0.05, 0) is 40.5 Å². The van der Waals surface area contributed by atoms with Crippen LogP contribution < -0.4 is 10.6 Å². The normalized spacial score (nSPS) is 11.6. The van der Waals surface area contributed by atoms with E-state index in [2.05, 4.69) is 22.5 Å². The molecule has 6 nitrogen and oxygen atoms in total. The fourth-order valence-corrected chi connectivity index (χ4v) is 1.91. The molecule has 0 heterocycles. The van der Waals surface area contributed by atoms with Gasteiger partial charge in [-0.2, -0.15) is 0 Å². The lowest BCUT2D eigenvalue weighted by molar-refractivity contribution is -0.122. The Bertz CT molecular complexity index is 473. The number of amides is 2. The molecule has 0 aromatic rings. The second kappa shape index (κ2) is 10.2. The molecule has 0 radical (unpaired) electrons. The first-order valence-electron chi connectivity index (χ1n) is 8.34. The molecule has 0 fully saturated rings. The number of nitrogens with one attached hydrogen (secondary N) is 2. The first-order valence-corrected chi connectivity index (χ1v) is 8.34. The van der Waals surface area contributed by atoms with E-state index in [1.807, 2.05) is 41.5 Å². The lowest BCUT2D eigenvalue weighted by atomic mass is 10.00. The average molecular weight is 340 g/mol. The van der Waals surface area contributed by atoms with Gasteiger partial charge < -0.3 is 20.5 Å². The van der Waals surface area contributed by atoms with E-state index < -0.39 is 17.2 Å². The second-order valence-corrected chi connectivity index (χ2v) is 7.42. The van der Waals surface area contributed by atoms with Crippen molar-refractivity contribution in [3.8, 4) is 11.8 Å². The Morgan fingerprint density at radius 2 is 1.79 bits per heavy atom. The zero-order chi connectivity index (χ0) is 18.8. The highest BCUT2D eigenvalue weighted by Gasteiger charge is 2.24. The van der Waals surface area contributed by atoms with Crippen molar-refractivity contribution in [2.45, 2.75) is 71.9 Å². The van der Waals surface area contributed by atoms with Gasteiger partial charge in [0.15, 0.2) is 0 Å². The molecule has 0 aliphatic carbocycles. The first-order chi connectivity index (χ1) is 10.9. The maximum Gasteiger partial charge on any atom is 0.405 e. The van der Waals surface area contributed by atoms with Gasteiger partial charge in [-0.15, -0.1) is 0 Å². The molecule has 0 aliphatic rings. The van der Waals surface area contributed by atoms with Crippen molar-refractivity contribution < 1.29 is 19.4 Å². The summed E-state index contributed by atoms with van der Waals surface area (Å²) in [5, 5.41) is 14.0. The first kappa shape index (κ1) is 22.3. The topological polar surface area (TPSA) is 87.7 Å². The van der Waals surface area contributed by atoms with Crippen LogP contribution in [0.25, 0.3) is 0 Å². The molecule has 0 aliphatic heterocycles. The van der Waals surface area contributed by atoms with E-state index in [0.29, 0.717) is 38.3 Å². The highest BCUT2D eigenvalue weighted by Crippen LogP contribution is 2.19. The number of carbonyl (C=O) groups excluding carboxylic acids is 1. The van der Waals surface area contributed by atoms with Gasteiger partial charge in [0.05, 0.1) is 12.1 Å². The molecule has 0 atom stereocenters. The van der Waals surface area contributed by atoms with E-state index in [0.717, 1.165) is 0 Å². The molecule has 0 aromatic heterocycles.